The summed E-state index contributed by atoms with van der Waals surface area (Å²) in [6, 6.07) is 0. The average molecular weight is 800 g/mol. The average Bonchev–Trinajstić information content (AvgIpc) is 3.15. The van der Waals surface area contributed by atoms with Crippen LogP contribution in [0.3, 0.4) is 0 Å². The van der Waals surface area contributed by atoms with Gasteiger partial charge in [-0.25, -0.2) is 0 Å². The van der Waals surface area contributed by atoms with Crippen LogP contribution in [-0.4, -0.2) is 77.8 Å². The van der Waals surface area contributed by atoms with Gasteiger partial charge in [-0.05, 0) is 81.6 Å². The molecule has 1 amide bonds. The predicted molar refractivity (Wildman–Crippen MR) is 234 cm³/mol. The molecule has 0 N–H and O–H groups in total. The summed E-state index contributed by atoms with van der Waals surface area (Å²) < 4.78 is 11.0. The zero-order valence-electron chi connectivity index (χ0n) is 35.9. The van der Waals surface area contributed by atoms with Crippen molar-refractivity contribution in [2.45, 2.75) is 213 Å². The molecule has 0 heterocycles. The standard InChI is InChI=1S/C45H85NO6S2/c1-6-10-14-16-20-28-40(29-21-17-15-11-7-2)36-44(49)51-32-24-18-22-30-41(47)31-23-19-25-33-52-45(50)38-46(5)43(48)37-42(54-35-27-13-9-4)39-53-34-26-12-8-3/h40,42H,6-39H2,1-5H3. The van der Waals surface area contributed by atoms with Gasteiger partial charge in [-0.1, -0.05) is 118 Å². The summed E-state index contributed by atoms with van der Waals surface area (Å²) in [7, 11) is 1.69. The molecule has 0 aromatic rings. The molecule has 0 aromatic carbocycles. The van der Waals surface area contributed by atoms with E-state index >= 15 is 0 Å². The summed E-state index contributed by atoms with van der Waals surface area (Å²) >= 11 is 3.85. The summed E-state index contributed by atoms with van der Waals surface area (Å²) in [6.07, 6.45) is 29.2. The molecule has 318 valence electrons. The predicted octanol–water partition coefficient (Wildman–Crippen LogP) is 12.6. The highest BCUT2D eigenvalue weighted by Crippen LogP contribution is 2.24. The third-order valence-corrected chi connectivity index (χ3v) is 12.9. The number of ketones is 1. The molecule has 1 unspecified atom stereocenters. The molecule has 0 spiro atoms. The quantitative estimate of drug-likeness (QED) is 0.0446. The Morgan fingerprint density at radius 1 is 0.537 bits per heavy atom. The number of unbranched alkanes of at least 4 members (excludes halogenated alkanes) is 16. The van der Waals surface area contributed by atoms with Crippen LogP contribution in [0.1, 0.15) is 207 Å². The highest BCUT2D eigenvalue weighted by molar-refractivity contribution is 8.03. The van der Waals surface area contributed by atoms with Crippen LogP contribution in [-0.2, 0) is 28.7 Å². The van der Waals surface area contributed by atoms with Crippen molar-refractivity contribution in [1.29, 1.82) is 0 Å². The molecule has 9 heteroatoms. The Labute approximate surface area is 342 Å². The Kier molecular flexibility index (Phi) is 39.1. The molecular weight excluding hydrogens is 715 g/mol. The summed E-state index contributed by atoms with van der Waals surface area (Å²) in [5.41, 5.74) is 0. The van der Waals surface area contributed by atoms with E-state index in [-0.39, 0.29) is 35.4 Å². The van der Waals surface area contributed by atoms with Gasteiger partial charge in [0.2, 0.25) is 5.91 Å². The number of amides is 1. The van der Waals surface area contributed by atoms with Crippen LogP contribution in [0.4, 0.5) is 0 Å². The number of hydrogen-bond acceptors (Lipinski definition) is 8. The molecule has 1 atom stereocenters. The van der Waals surface area contributed by atoms with E-state index in [9.17, 15) is 19.2 Å². The Bertz CT molecular complexity index is 889. The van der Waals surface area contributed by atoms with Gasteiger partial charge in [-0.3, -0.25) is 19.2 Å². The second-order valence-electron chi connectivity index (χ2n) is 15.5. The Hall–Kier alpha value is -1.22. The van der Waals surface area contributed by atoms with Crippen molar-refractivity contribution < 1.29 is 28.7 Å². The van der Waals surface area contributed by atoms with Crippen LogP contribution in [0, 0.1) is 5.92 Å². The normalized spacial score (nSPS) is 11.9. The lowest BCUT2D eigenvalue weighted by Crippen LogP contribution is -2.35. The van der Waals surface area contributed by atoms with Gasteiger partial charge >= 0.3 is 11.9 Å². The minimum absolute atomic E-state index is 0.00405. The topological polar surface area (TPSA) is 90.0 Å². The molecule has 0 aliphatic heterocycles. The molecule has 0 aliphatic rings. The van der Waals surface area contributed by atoms with E-state index in [0.29, 0.717) is 51.2 Å². The van der Waals surface area contributed by atoms with E-state index in [4.69, 9.17) is 9.47 Å². The monoisotopic (exact) mass is 800 g/mol. The van der Waals surface area contributed by atoms with Gasteiger partial charge in [-0.15, -0.1) is 0 Å². The van der Waals surface area contributed by atoms with Crippen LogP contribution in [0.25, 0.3) is 0 Å². The first-order valence-corrected chi connectivity index (χ1v) is 24.7. The number of Topliss-reactive ketones (excluding diaryl/α,β-unsaturated/α-hetero) is 1. The first-order chi connectivity index (χ1) is 26.3. The highest BCUT2D eigenvalue weighted by Gasteiger charge is 2.20. The molecule has 0 aliphatic carbocycles. The summed E-state index contributed by atoms with van der Waals surface area (Å²) in [6.45, 7) is 9.66. The number of esters is 2. The number of carbonyl (C=O) groups excluding carboxylic acids is 4. The fourth-order valence-electron chi connectivity index (χ4n) is 6.53. The number of nitrogens with zero attached hydrogens (tertiary/aromatic N) is 1. The van der Waals surface area contributed by atoms with E-state index in [0.717, 1.165) is 62.2 Å². The van der Waals surface area contributed by atoms with Gasteiger partial charge in [-0.2, -0.15) is 23.5 Å². The van der Waals surface area contributed by atoms with E-state index in [1.54, 1.807) is 7.05 Å². The summed E-state index contributed by atoms with van der Waals surface area (Å²) in [4.78, 5) is 51.8. The second kappa shape index (κ2) is 40.0. The molecule has 0 radical (unpaired) electrons. The second-order valence-corrected chi connectivity index (χ2v) is 18.1. The highest BCUT2D eigenvalue weighted by atomic mass is 32.2. The Balaban J connectivity index is 4.10. The third-order valence-electron chi connectivity index (χ3n) is 10.1. The zero-order chi connectivity index (χ0) is 39.9. The van der Waals surface area contributed by atoms with E-state index in [1.165, 1.54) is 108 Å². The van der Waals surface area contributed by atoms with Crippen molar-refractivity contribution in [3.8, 4) is 0 Å². The minimum atomic E-state index is -0.371. The van der Waals surface area contributed by atoms with Gasteiger partial charge in [0.25, 0.3) is 0 Å². The van der Waals surface area contributed by atoms with Gasteiger partial charge in [0.05, 0.1) is 13.2 Å². The first kappa shape index (κ1) is 52.8. The Morgan fingerprint density at radius 2 is 1.02 bits per heavy atom. The molecular formula is C45H85NO6S2. The van der Waals surface area contributed by atoms with Crippen molar-refractivity contribution in [2.24, 2.45) is 5.92 Å². The van der Waals surface area contributed by atoms with Crippen LogP contribution < -0.4 is 0 Å². The van der Waals surface area contributed by atoms with Crippen molar-refractivity contribution in [3.63, 3.8) is 0 Å². The zero-order valence-corrected chi connectivity index (χ0v) is 37.5. The third kappa shape index (κ3) is 35.2. The van der Waals surface area contributed by atoms with Crippen molar-refractivity contribution in [2.75, 3.05) is 44.1 Å². The lowest BCUT2D eigenvalue weighted by Gasteiger charge is -2.21. The van der Waals surface area contributed by atoms with Crippen molar-refractivity contribution in [1.82, 2.24) is 4.90 Å². The molecule has 54 heavy (non-hydrogen) atoms. The maximum Gasteiger partial charge on any atom is 0.325 e. The van der Waals surface area contributed by atoms with E-state index in [2.05, 4.69) is 27.7 Å². The molecule has 0 fully saturated rings. The SMILES string of the molecule is CCCCCCCC(CCCCCCC)CC(=O)OCCCCCC(=O)CCCCCOC(=O)CN(C)C(=O)CC(CSCCCCC)SCCCCC. The van der Waals surface area contributed by atoms with Crippen molar-refractivity contribution >= 4 is 47.2 Å². The maximum absolute atomic E-state index is 12.9. The van der Waals surface area contributed by atoms with Gasteiger partial charge in [0, 0.05) is 43.7 Å². The lowest BCUT2D eigenvalue weighted by atomic mass is 9.91. The number of carbonyl (C=O) groups is 4. The summed E-state index contributed by atoms with van der Waals surface area (Å²) in [5, 5.41) is 0.277. The number of likely N-dealkylation sites (N-methyl/N-ethyl adjacent to an activating group) is 1. The van der Waals surface area contributed by atoms with E-state index in [1.807, 2.05) is 23.5 Å². The largest absolute Gasteiger partial charge is 0.466 e. The van der Waals surface area contributed by atoms with Crippen LogP contribution in [0.2, 0.25) is 0 Å². The Morgan fingerprint density at radius 3 is 1.57 bits per heavy atom. The fourth-order valence-corrected chi connectivity index (χ4v) is 9.12. The van der Waals surface area contributed by atoms with Crippen molar-refractivity contribution in [3.05, 3.63) is 0 Å². The molecule has 0 saturated carbocycles. The maximum atomic E-state index is 12.9. The van der Waals surface area contributed by atoms with Crippen LogP contribution in [0.15, 0.2) is 0 Å². The van der Waals surface area contributed by atoms with Crippen LogP contribution >= 0.6 is 23.5 Å². The minimum Gasteiger partial charge on any atom is -0.466 e. The van der Waals surface area contributed by atoms with Crippen LogP contribution in [0.5, 0.6) is 0 Å². The number of hydrogen-bond donors (Lipinski definition) is 0. The van der Waals surface area contributed by atoms with Gasteiger partial charge < -0.3 is 14.4 Å². The lowest BCUT2D eigenvalue weighted by molar-refractivity contribution is -0.148. The first-order valence-electron chi connectivity index (χ1n) is 22.5. The molecule has 7 nitrogen and oxygen atoms in total. The molecule has 0 aromatic heterocycles. The number of ether oxygens (including phenoxy) is 2. The van der Waals surface area contributed by atoms with Gasteiger partial charge in [0.15, 0.2) is 0 Å². The molecule has 0 rings (SSSR count). The fraction of sp³-hybridized carbons (Fsp3) is 0.911. The van der Waals surface area contributed by atoms with Gasteiger partial charge in [0.1, 0.15) is 12.3 Å². The number of thioether (sulfide) groups is 2. The van der Waals surface area contributed by atoms with E-state index < -0.39 is 0 Å². The summed E-state index contributed by atoms with van der Waals surface area (Å²) in [5.74, 6) is 3.50. The molecule has 0 saturated heterocycles. The number of rotatable bonds is 41. The smallest absolute Gasteiger partial charge is 0.325 e. The molecule has 0 bridgehead atoms.